The van der Waals surface area contributed by atoms with Gasteiger partial charge in [0.1, 0.15) is 11.4 Å². The first-order chi connectivity index (χ1) is 10.1. The molecule has 3 heteroatoms. The summed E-state index contributed by atoms with van der Waals surface area (Å²) in [6, 6.07) is 8.23. The maximum absolute atomic E-state index is 11.6. The van der Waals surface area contributed by atoms with Gasteiger partial charge in [-0.2, -0.15) is 0 Å². The molecule has 0 unspecified atom stereocenters. The van der Waals surface area contributed by atoms with Gasteiger partial charge in [-0.15, -0.1) is 0 Å². The van der Waals surface area contributed by atoms with Crippen LogP contribution in [0.5, 0.6) is 5.75 Å². The summed E-state index contributed by atoms with van der Waals surface area (Å²) in [6.07, 6.45) is 2.08. The van der Waals surface area contributed by atoms with Gasteiger partial charge < -0.3 is 9.47 Å². The maximum atomic E-state index is 11.6. The first kappa shape index (κ1) is 18.5. The number of hydrogen-bond donors (Lipinski definition) is 0. The Morgan fingerprint density at radius 2 is 1.55 bits per heavy atom. The van der Waals surface area contributed by atoms with Gasteiger partial charge in [-0.1, -0.05) is 32.9 Å². The maximum Gasteiger partial charge on any atom is 0.306 e. The fourth-order valence-electron chi connectivity index (χ4n) is 2.01. The van der Waals surface area contributed by atoms with Crippen LogP contribution >= 0.6 is 0 Å². The van der Waals surface area contributed by atoms with Crippen molar-refractivity contribution in [2.24, 2.45) is 0 Å². The third kappa shape index (κ3) is 7.48. The van der Waals surface area contributed by atoms with Crippen molar-refractivity contribution in [3.05, 3.63) is 29.8 Å². The first-order valence-corrected chi connectivity index (χ1v) is 8.03. The minimum atomic E-state index is -0.400. The van der Waals surface area contributed by atoms with Crippen molar-refractivity contribution in [3.63, 3.8) is 0 Å². The van der Waals surface area contributed by atoms with E-state index in [1.165, 1.54) is 5.56 Å². The highest BCUT2D eigenvalue weighted by Crippen LogP contribution is 2.24. The number of esters is 1. The fraction of sp³-hybridized carbons (Fsp3) is 0.632. The quantitative estimate of drug-likeness (QED) is 0.555. The molecular formula is C19H30O3. The number of carbonyl (C=O) groups is 1. The minimum Gasteiger partial charge on any atom is -0.494 e. The van der Waals surface area contributed by atoms with Crippen LogP contribution in [0.15, 0.2) is 24.3 Å². The van der Waals surface area contributed by atoms with E-state index in [2.05, 4.69) is 32.9 Å². The number of hydrogen-bond acceptors (Lipinski definition) is 3. The molecule has 0 bridgehead atoms. The molecule has 0 aromatic heterocycles. The van der Waals surface area contributed by atoms with E-state index in [9.17, 15) is 4.79 Å². The van der Waals surface area contributed by atoms with Crippen molar-refractivity contribution in [1.29, 1.82) is 0 Å². The third-order valence-electron chi connectivity index (χ3n) is 3.18. The monoisotopic (exact) mass is 306 g/mol. The van der Waals surface area contributed by atoms with Crippen LogP contribution in [0.25, 0.3) is 0 Å². The zero-order valence-corrected chi connectivity index (χ0v) is 14.9. The van der Waals surface area contributed by atoms with Gasteiger partial charge in [0.2, 0.25) is 0 Å². The standard InChI is InChI=1S/C19H30O3/c1-18(2,3)15-10-12-16(13-11-15)21-14-8-7-9-17(20)22-19(4,5)6/h10-13H,7-9,14H2,1-6H3. The van der Waals surface area contributed by atoms with Crippen molar-refractivity contribution < 1.29 is 14.3 Å². The Balaban J connectivity index is 2.24. The molecule has 0 atom stereocenters. The lowest BCUT2D eigenvalue weighted by molar-refractivity contribution is -0.154. The van der Waals surface area contributed by atoms with Crippen LogP contribution in [0.1, 0.15) is 66.4 Å². The molecule has 0 amide bonds. The third-order valence-corrected chi connectivity index (χ3v) is 3.18. The van der Waals surface area contributed by atoms with E-state index in [0.29, 0.717) is 13.0 Å². The lowest BCUT2D eigenvalue weighted by Gasteiger charge is -2.19. The van der Waals surface area contributed by atoms with Gasteiger partial charge in [0.25, 0.3) is 0 Å². The van der Waals surface area contributed by atoms with Gasteiger partial charge in [-0.25, -0.2) is 0 Å². The Kier molecular flexibility index (Phi) is 6.46. The summed E-state index contributed by atoms with van der Waals surface area (Å²) in [4.78, 5) is 11.6. The lowest BCUT2D eigenvalue weighted by Crippen LogP contribution is -2.23. The summed E-state index contributed by atoms with van der Waals surface area (Å²) in [6.45, 7) is 12.9. The molecule has 22 heavy (non-hydrogen) atoms. The van der Waals surface area contributed by atoms with Crippen LogP contribution in [0.4, 0.5) is 0 Å². The van der Waals surface area contributed by atoms with Gasteiger partial charge in [0.15, 0.2) is 0 Å². The Hall–Kier alpha value is -1.51. The molecule has 0 N–H and O–H groups in total. The molecule has 124 valence electrons. The zero-order chi connectivity index (χ0) is 16.8. The van der Waals surface area contributed by atoms with Crippen LogP contribution in [0.2, 0.25) is 0 Å². The highest BCUT2D eigenvalue weighted by Gasteiger charge is 2.15. The van der Waals surface area contributed by atoms with Gasteiger partial charge in [-0.3, -0.25) is 4.79 Å². The number of benzene rings is 1. The molecule has 0 aliphatic rings. The molecule has 0 radical (unpaired) electrons. The van der Waals surface area contributed by atoms with Crippen molar-refractivity contribution >= 4 is 5.97 Å². The molecule has 3 nitrogen and oxygen atoms in total. The van der Waals surface area contributed by atoms with E-state index in [4.69, 9.17) is 9.47 Å². The first-order valence-electron chi connectivity index (χ1n) is 8.03. The van der Waals surface area contributed by atoms with Crippen molar-refractivity contribution in [1.82, 2.24) is 0 Å². The number of unbranched alkanes of at least 4 members (excludes halogenated alkanes) is 1. The van der Waals surface area contributed by atoms with E-state index in [1.54, 1.807) is 0 Å². The van der Waals surface area contributed by atoms with Crippen molar-refractivity contribution in [2.75, 3.05) is 6.61 Å². The van der Waals surface area contributed by atoms with Crippen molar-refractivity contribution in [3.8, 4) is 5.75 Å². The van der Waals surface area contributed by atoms with Gasteiger partial charge in [-0.05, 0) is 56.7 Å². The highest BCUT2D eigenvalue weighted by molar-refractivity contribution is 5.69. The molecule has 0 spiro atoms. The van der Waals surface area contributed by atoms with E-state index in [1.807, 2.05) is 32.9 Å². The van der Waals surface area contributed by atoms with Gasteiger partial charge in [0, 0.05) is 6.42 Å². The summed E-state index contributed by atoms with van der Waals surface area (Å²) in [7, 11) is 0. The smallest absolute Gasteiger partial charge is 0.306 e. The SMILES string of the molecule is CC(C)(C)OC(=O)CCCCOc1ccc(C(C)(C)C)cc1. The van der Waals surface area contributed by atoms with Crippen molar-refractivity contribution in [2.45, 2.75) is 71.8 Å². The van der Waals surface area contributed by atoms with E-state index >= 15 is 0 Å². The Bertz CT molecular complexity index is 461. The van der Waals surface area contributed by atoms with Crippen LogP contribution in [-0.2, 0) is 14.9 Å². The highest BCUT2D eigenvalue weighted by atomic mass is 16.6. The summed E-state index contributed by atoms with van der Waals surface area (Å²) < 4.78 is 11.0. The van der Waals surface area contributed by atoms with Gasteiger partial charge in [0.05, 0.1) is 6.61 Å². The molecule has 0 fully saturated rings. The minimum absolute atomic E-state index is 0.137. The second-order valence-corrected chi connectivity index (χ2v) is 7.67. The Morgan fingerprint density at radius 1 is 0.955 bits per heavy atom. The predicted molar refractivity (Wildman–Crippen MR) is 90.3 cm³/mol. The van der Waals surface area contributed by atoms with E-state index in [0.717, 1.165) is 18.6 Å². The summed E-state index contributed by atoms with van der Waals surface area (Å²) in [5, 5.41) is 0. The predicted octanol–water partition coefficient (Wildman–Crippen LogP) is 4.87. The largest absolute Gasteiger partial charge is 0.494 e. The fourth-order valence-corrected chi connectivity index (χ4v) is 2.01. The molecule has 0 aliphatic carbocycles. The number of ether oxygens (including phenoxy) is 2. The number of rotatable bonds is 6. The average molecular weight is 306 g/mol. The molecular weight excluding hydrogens is 276 g/mol. The Labute approximate surface area is 135 Å². The molecule has 0 heterocycles. The normalized spacial score (nSPS) is 12.1. The second-order valence-electron chi connectivity index (χ2n) is 7.67. The summed E-state index contributed by atoms with van der Waals surface area (Å²) in [5.74, 6) is 0.743. The topological polar surface area (TPSA) is 35.5 Å². The lowest BCUT2D eigenvalue weighted by atomic mass is 9.87. The van der Waals surface area contributed by atoms with Crippen LogP contribution in [-0.4, -0.2) is 18.2 Å². The average Bonchev–Trinajstić information content (AvgIpc) is 2.35. The summed E-state index contributed by atoms with van der Waals surface area (Å²) in [5.41, 5.74) is 1.05. The van der Waals surface area contributed by atoms with E-state index < -0.39 is 5.60 Å². The molecule has 1 aromatic carbocycles. The van der Waals surface area contributed by atoms with Crippen LogP contribution in [0, 0.1) is 0 Å². The zero-order valence-electron chi connectivity index (χ0n) is 14.9. The van der Waals surface area contributed by atoms with E-state index in [-0.39, 0.29) is 11.4 Å². The molecule has 0 aliphatic heterocycles. The summed E-state index contributed by atoms with van der Waals surface area (Å²) >= 11 is 0. The molecule has 1 rings (SSSR count). The Morgan fingerprint density at radius 3 is 2.05 bits per heavy atom. The van der Waals surface area contributed by atoms with Crippen LogP contribution < -0.4 is 4.74 Å². The second kappa shape index (κ2) is 7.66. The van der Waals surface area contributed by atoms with Gasteiger partial charge >= 0.3 is 5.97 Å². The van der Waals surface area contributed by atoms with Crippen LogP contribution in [0.3, 0.4) is 0 Å². The number of carbonyl (C=O) groups excluding carboxylic acids is 1. The molecule has 0 saturated carbocycles. The molecule has 0 saturated heterocycles. The molecule has 1 aromatic rings.